The zero-order valence-electron chi connectivity index (χ0n) is 15.4. The molecule has 8 nitrogen and oxygen atoms in total. The first-order chi connectivity index (χ1) is 12.8. The maximum atomic E-state index is 13.0. The molecule has 2 fully saturated rings. The van der Waals surface area contributed by atoms with E-state index in [-0.39, 0.29) is 24.1 Å². The van der Waals surface area contributed by atoms with Crippen LogP contribution in [0.5, 0.6) is 0 Å². The Bertz CT molecular complexity index is 742. The number of unbranched alkanes of at least 4 members (excludes halogenated alkanes) is 2. The highest BCUT2D eigenvalue weighted by atomic mass is 16.4. The number of likely N-dealkylation sites (tertiary alicyclic amines) is 1. The molecule has 27 heavy (non-hydrogen) atoms. The molecule has 0 radical (unpaired) electrons. The van der Waals surface area contributed by atoms with Gasteiger partial charge in [-0.3, -0.25) is 24.1 Å². The number of nitrogens with zero attached hydrogens (tertiary/aromatic N) is 1. The minimum absolute atomic E-state index is 0.175. The predicted molar refractivity (Wildman–Crippen MR) is 96.3 cm³/mol. The van der Waals surface area contributed by atoms with Crippen LogP contribution in [0.2, 0.25) is 0 Å². The summed E-state index contributed by atoms with van der Waals surface area (Å²) in [5.41, 5.74) is 0.373. The van der Waals surface area contributed by atoms with Gasteiger partial charge in [0.15, 0.2) is 0 Å². The van der Waals surface area contributed by atoms with Crippen molar-refractivity contribution in [3.8, 4) is 0 Å². The number of fused-ring (bicyclic) bond motifs is 1. The largest absolute Gasteiger partial charge is 0.481 e. The number of hydrogen-bond acceptors (Lipinski definition) is 5. The number of carboxylic acids is 1. The summed E-state index contributed by atoms with van der Waals surface area (Å²) in [6.07, 6.45) is 6.81. The third-order valence-corrected chi connectivity index (χ3v) is 5.48. The van der Waals surface area contributed by atoms with Crippen molar-refractivity contribution in [1.82, 2.24) is 15.5 Å². The molecule has 2 unspecified atom stereocenters. The molecule has 0 aromatic carbocycles. The maximum Gasteiger partial charge on any atom is 0.303 e. The molecule has 2 aliphatic heterocycles. The zero-order chi connectivity index (χ0) is 19.6. The summed E-state index contributed by atoms with van der Waals surface area (Å²) in [4.78, 5) is 49.3. The number of carboxylic acid groups (broad SMARTS) is 1. The molecule has 2 atom stereocenters. The van der Waals surface area contributed by atoms with E-state index in [1.54, 1.807) is 13.0 Å². The number of imide groups is 1. The highest BCUT2D eigenvalue weighted by Crippen LogP contribution is 2.45. The lowest BCUT2D eigenvalue weighted by Crippen LogP contribution is -2.46. The number of carbonyl (C=O) groups excluding carboxylic acids is 3. The minimum Gasteiger partial charge on any atom is -0.481 e. The van der Waals surface area contributed by atoms with Gasteiger partial charge in [0.05, 0.1) is 5.41 Å². The highest BCUT2D eigenvalue weighted by Gasteiger charge is 2.56. The number of carbonyl (C=O) groups is 4. The summed E-state index contributed by atoms with van der Waals surface area (Å²) in [5, 5.41) is 14.6. The van der Waals surface area contributed by atoms with Crippen LogP contribution in [0.3, 0.4) is 0 Å². The minimum atomic E-state index is -0.944. The topological polar surface area (TPSA) is 116 Å². The summed E-state index contributed by atoms with van der Waals surface area (Å²) in [7, 11) is 0. The first kappa shape index (κ1) is 19.1. The molecule has 3 amide bonds. The van der Waals surface area contributed by atoms with Crippen molar-refractivity contribution in [3.63, 3.8) is 0 Å². The Labute approximate surface area is 157 Å². The Hall–Kier alpha value is -2.64. The molecule has 1 aliphatic carbocycles. The summed E-state index contributed by atoms with van der Waals surface area (Å²) in [5.74, 6) is -1.73. The van der Waals surface area contributed by atoms with Crippen molar-refractivity contribution in [2.45, 2.75) is 51.5 Å². The zero-order valence-corrected chi connectivity index (χ0v) is 15.4. The van der Waals surface area contributed by atoms with Gasteiger partial charge in [-0.25, -0.2) is 0 Å². The van der Waals surface area contributed by atoms with Crippen LogP contribution in [0, 0.1) is 5.41 Å². The third-order valence-electron chi connectivity index (χ3n) is 5.48. The highest BCUT2D eigenvalue weighted by molar-refractivity contribution is 6.19. The quantitative estimate of drug-likeness (QED) is 0.425. The average molecular weight is 375 g/mol. The van der Waals surface area contributed by atoms with E-state index < -0.39 is 17.4 Å². The second-order valence-electron chi connectivity index (χ2n) is 7.49. The molecule has 0 aromatic rings. The summed E-state index contributed by atoms with van der Waals surface area (Å²) >= 11 is 0. The Morgan fingerprint density at radius 1 is 1.30 bits per heavy atom. The van der Waals surface area contributed by atoms with Crippen molar-refractivity contribution in [3.05, 3.63) is 23.4 Å². The molecule has 3 aliphatic rings. The third kappa shape index (κ3) is 3.61. The van der Waals surface area contributed by atoms with Crippen LogP contribution in [-0.2, 0) is 19.2 Å². The first-order valence-electron chi connectivity index (χ1n) is 9.37. The van der Waals surface area contributed by atoms with E-state index >= 15 is 0 Å². The lowest BCUT2D eigenvalue weighted by Gasteiger charge is -2.28. The van der Waals surface area contributed by atoms with Gasteiger partial charge in [0, 0.05) is 37.2 Å². The molecule has 0 bridgehead atoms. The van der Waals surface area contributed by atoms with Gasteiger partial charge in [0.25, 0.3) is 5.91 Å². The van der Waals surface area contributed by atoms with Gasteiger partial charge in [-0.1, -0.05) is 12.5 Å². The molecule has 0 saturated carbocycles. The van der Waals surface area contributed by atoms with Gasteiger partial charge < -0.3 is 15.7 Å². The van der Waals surface area contributed by atoms with E-state index in [9.17, 15) is 19.2 Å². The van der Waals surface area contributed by atoms with Crippen LogP contribution < -0.4 is 10.6 Å². The van der Waals surface area contributed by atoms with Gasteiger partial charge in [-0.15, -0.1) is 0 Å². The molecule has 2 heterocycles. The second-order valence-corrected chi connectivity index (χ2v) is 7.49. The molecule has 8 heteroatoms. The smallest absolute Gasteiger partial charge is 0.303 e. The van der Waals surface area contributed by atoms with Crippen molar-refractivity contribution >= 4 is 23.7 Å². The molecule has 0 spiro atoms. The van der Waals surface area contributed by atoms with E-state index in [1.165, 1.54) is 0 Å². The standard InChI is InChI=1S/C19H25N3O5/c1-19-11-12(20-9-4-2-3-5-15(23)24)6-7-13(19)17(26)22(18(19)27)14-8-10-21-16(14)25/h6-7,14,20H,2-5,8-11H2,1H3,(H,21,25)(H,23,24). The van der Waals surface area contributed by atoms with E-state index in [4.69, 9.17) is 5.11 Å². The average Bonchev–Trinajstić information content (AvgIpc) is 3.10. The normalized spacial score (nSPS) is 27.2. The van der Waals surface area contributed by atoms with Crippen LogP contribution >= 0.6 is 0 Å². The molecule has 3 N–H and O–H groups in total. The Kier molecular flexibility index (Phi) is 5.34. The first-order valence-corrected chi connectivity index (χ1v) is 9.37. The fourth-order valence-electron chi connectivity index (χ4n) is 3.95. The van der Waals surface area contributed by atoms with E-state index in [0.717, 1.165) is 23.4 Å². The summed E-state index contributed by atoms with van der Waals surface area (Å²) in [6.45, 7) is 2.91. The molecule has 2 saturated heterocycles. The van der Waals surface area contributed by atoms with Crippen molar-refractivity contribution in [2.75, 3.05) is 13.1 Å². The van der Waals surface area contributed by atoms with Gasteiger partial charge in [-0.05, 0) is 32.3 Å². The lowest BCUT2D eigenvalue weighted by atomic mass is 9.77. The van der Waals surface area contributed by atoms with Crippen LogP contribution in [0.1, 0.15) is 45.4 Å². The van der Waals surface area contributed by atoms with E-state index in [2.05, 4.69) is 10.6 Å². The fourth-order valence-corrected chi connectivity index (χ4v) is 3.95. The fraction of sp³-hybridized carbons (Fsp3) is 0.579. The number of rotatable bonds is 8. The van der Waals surface area contributed by atoms with Gasteiger partial charge in [-0.2, -0.15) is 0 Å². The number of allylic oxidation sites excluding steroid dienone is 3. The Balaban J connectivity index is 1.60. The molecule has 0 aromatic heterocycles. The number of hydrogen-bond donors (Lipinski definition) is 3. The van der Waals surface area contributed by atoms with Gasteiger partial charge >= 0.3 is 5.97 Å². The van der Waals surface area contributed by atoms with Crippen molar-refractivity contribution in [1.29, 1.82) is 0 Å². The maximum absolute atomic E-state index is 13.0. The molecular formula is C19H25N3O5. The Morgan fingerprint density at radius 3 is 2.74 bits per heavy atom. The van der Waals surface area contributed by atoms with Crippen LogP contribution in [0.15, 0.2) is 23.4 Å². The monoisotopic (exact) mass is 375 g/mol. The van der Waals surface area contributed by atoms with Crippen LogP contribution in [0.4, 0.5) is 0 Å². The lowest BCUT2D eigenvalue weighted by molar-refractivity contribution is -0.147. The second kappa shape index (κ2) is 7.54. The molecule has 3 rings (SSSR count). The van der Waals surface area contributed by atoms with Crippen LogP contribution in [0.25, 0.3) is 0 Å². The molecular weight excluding hydrogens is 350 g/mol. The van der Waals surface area contributed by atoms with Crippen LogP contribution in [-0.4, -0.2) is 52.8 Å². The van der Waals surface area contributed by atoms with E-state index in [0.29, 0.717) is 37.9 Å². The predicted octanol–water partition coefficient (Wildman–Crippen LogP) is 0.699. The van der Waals surface area contributed by atoms with Gasteiger partial charge in [0.2, 0.25) is 11.8 Å². The van der Waals surface area contributed by atoms with E-state index in [1.807, 2.05) is 6.08 Å². The Morgan fingerprint density at radius 2 is 2.07 bits per heavy atom. The summed E-state index contributed by atoms with van der Waals surface area (Å²) in [6, 6.07) is -0.709. The number of aliphatic carboxylic acids is 1. The van der Waals surface area contributed by atoms with Crippen molar-refractivity contribution in [2.24, 2.45) is 5.41 Å². The number of nitrogens with one attached hydrogen (secondary N) is 2. The van der Waals surface area contributed by atoms with Gasteiger partial charge in [0.1, 0.15) is 6.04 Å². The number of amides is 3. The van der Waals surface area contributed by atoms with Crippen molar-refractivity contribution < 1.29 is 24.3 Å². The SMILES string of the molecule is CC12CC(NCCCCCC(=O)O)=CC=C1C(=O)N(C1CCNC1=O)C2=O. The molecule has 146 valence electrons. The summed E-state index contributed by atoms with van der Waals surface area (Å²) < 4.78 is 0.